The summed E-state index contributed by atoms with van der Waals surface area (Å²) >= 11 is 11.1. The second-order valence-electron chi connectivity index (χ2n) is 8.96. The molecule has 5 rings (SSSR count). The Labute approximate surface area is 202 Å². The third-order valence-corrected chi connectivity index (χ3v) is 7.73. The van der Waals surface area contributed by atoms with E-state index in [1.807, 2.05) is 42.5 Å². The van der Waals surface area contributed by atoms with E-state index in [0.29, 0.717) is 32.8 Å². The van der Waals surface area contributed by atoms with Gasteiger partial charge in [-0.25, -0.2) is 4.99 Å². The number of halogens is 2. The molecule has 1 atom stereocenters. The molecule has 0 spiro atoms. The largest absolute Gasteiger partial charge is 0.294 e. The highest BCUT2D eigenvalue weighted by molar-refractivity contribution is 9.10. The zero-order chi connectivity index (χ0) is 22.6. The van der Waals surface area contributed by atoms with Gasteiger partial charge < -0.3 is 0 Å². The van der Waals surface area contributed by atoms with E-state index in [1.54, 1.807) is 16.7 Å². The molecule has 0 fully saturated rings. The Balaban J connectivity index is 1.78. The van der Waals surface area contributed by atoms with Crippen LogP contribution in [0.5, 0.6) is 0 Å². The Morgan fingerprint density at radius 2 is 1.84 bits per heavy atom. The summed E-state index contributed by atoms with van der Waals surface area (Å²) in [7, 11) is 0. The molecule has 2 heterocycles. The van der Waals surface area contributed by atoms with Crippen LogP contribution in [0.2, 0.25) is 5.02 Å². The maximum absolute atomic E-state index is 13.6. The fraction of sp³-hybridized carbons (Fsp3) is 0.240. The van der Waals surface area contributed by atoms with Crippen molar-refractivity contribution in [2.75, 3.05) is 0 Å². The summed E-state index contributed by atoms with van der Waals surface area (Å²) in [5.41, 5.74) is 2.80. The minimum Gasteiger partial charge on any atom is -0.294 e. The lowest BCUT2D eigenvalue weighted by molar-refractivity contribution is -0.118. The Morgan fingerprint density at radius 1 is 1.12 bits per heavy atom. The molecule has 0 saturated carbocycles. The SMILES string of the molecule is CC1(C)CC(=O)C2=C(C1)N=c1sc(=Cc3ccccc3Cl)c(=O)n1C2c1ccc(Br)cc1. The lowest BCUT2D eigenvalue weighted by Gasteiger charge is -2.35. The zero-order valence-electron chi connectivity index (χ0n) is 17.6. The second kappa shape index (κ2) is 7.94. The van der Waals surface area contributed by atoms with E-state index in [9.17, 15) is 9.59 Å². The number of carbonyl (C=O) groups is 1. The van der Waals surface area contributed by atoms with Gasteiger partial charge in [-0.2, -0.15) is 0 Å². The minimum absolute atomic E-state index is 0.0632. The Hall–Kier alpha value is -2.28. The van der Waals surface area contributed by atoms with Gasteiger partial charge in [-0.3, -0.25) is 14.2 Å². The number of rotatable bonds is 2. The molecule has 2 aromatic carbocycles. The molecule has 32 heavy (non-hydrogen) atoms. The highest BCUT2D eigenvalue weighted by Crippen LogP contribution is 2.43. The van der Waals surface area contributed by atoms with Gasteiger partial charge in [0, 0.05) is 21.5 Å². The van der Waals surface area contributed by atoms with Gasteiger partial charge in [0.2, 0.25) is 0 Å². The molecule has 1 unspecified atom stereocenters. The third-order valence-electron chi connectivity index (χ3n) is 5.87. The lowest BCUT2D eigenvalue weighted by Crippen LogP contribution is -2.42. The summed E-state index contributed by atoms with van der Waals surface area (Å²) < 4.78 is 3.16. The fourth-order valence-corrected chi connectivity index (χ4v) is 5.91. The van der Waals surface area contributed by atoms with E-state index in [2.05, 4.69) is 29.8 Å². The van der Waals surface area contributed by atoms with E-state index < -0.39 is 6.04 Å². The van der Waals surface area contributed by atoms with Gasteiger partial charge in [0.05, 0.1) is 16.3 Å². The first kappa shape index (κ1) is 21.6. The van der Waals surface area contributed by atoms with Crippen LogP contribution in [0, 0.1) is 5.41 Å². The molecular weight excluding hydrogens is 508 g/mol. The predicted octanol–water partition coefficient (Wildman–Crippen LogP) is 5.02. The van der Waals surface area contributed by atoms with Crippen LogP contribution in [0.3, 0.4) is 0 Å². The molecule has 0 radical (unpaired) electrons. The summed E-state index contributed by atoms with van der Waals surface area (Å²) in [4.78, 5) is 32.3. The van der Waals surface area contributed by atoms with Crippen molar-refractivity contribution in [3.8, 4) is 0 Å². The number of aromatic nitrogens is 1. The van der Waals surface area contributed by atoms with Crippen LogP contribution in [-0.2, 0) is 4.79 Å². The average Bonchev–Trinajstić information content (AvgIpc) is 3.03. The number of nitrogens with zero attached hydrogens (tertiary/aromatic N) is 2. The van der Waals surface area contributed by atoms with E-state index in [0.717, 1.165) is 21.3 Å². The molecule has 3 aromatic rings. The molecule has 0 amide bonds. The maximum atomic E-state index is 13.6. The molecule has 1 aromatic heterocycles. The number of hydrogen-bond donors (Lipinski definition) is 0. The van der Waals surface area contributed by atoms with Crippen LogP contribution in [0.1, 0.15) is 43.9 Å². The van der Waals surface area contributed by atoms with E-state index in [-0.39, 0.29) is 16.8 Å². The predicted molar refractivity (Wildman–Crippen MR) is 132 cm³/mol. The standard InChI is InChI=1S/C25H20BrClN2O2S/c1-25(2)12-18-21(19(30)13-25)22(14-7-9-16(26)10-8-14)29-23(31)20(32-24(29)28-18)11-15-5-3-4-6-17(15)27/h3-11,22H,12-13H2,1-2H3. The van der Waals surface area contributed by atoms with Crippen molar-refractivity contribution in [3.63, 3.8) is 0 Å². The van der Waals surface area contributed by atoms with Gasteiger partial charge in [-0.15, -0.1) is 0 Å². The molecule has 4 nitrogen and oxygen atoms in total. The van der Waals surface area contributed by atoms with Crippen molar-refractivity contribution in [2.45, 2.75) is 32.7 Å². The summed E-state index contributed by atoms with van der Waals surface area (Å²) in [6.07, 6.45) is 2.96. The van der Waals surface area contributed by atoms with E-state index in [4.69, 9.17) is 16.6 Å². The van der Waals surface area contributed by atoms with Gasteiger partial charge >= 0.3 is 0 Å². The van der Waals surface area contributed by atoms with Gasteiger partial charge in [-0.1, -0.05) is 83.0 Å². The normalized spacial score (nSPS) is 20.1. The third kappa shape index (κ3) is 3.74. The average molecular weight is 528 g/mol. The molecule has 7 heteroatoms. The highest BCUT2D eigenvalue weighted by Gasteiger charge is 2.40. The second-order valence-corrected chi connectivity index (χ2v) is 11.3. The van der Waals surface area contributed by atoms with Crippen LogP contribution in [0.4, 0.5) is 0 Å². The summed E-state index contributed by atoms with van der Waals surface area (Å²) in [5, 5.41) is 0.582. The molecule has 0 bridgehead atoms. The minimum atomic E-state index is -0.480. The van der Waals surface area contributed by atoms with Crippen LogP contribution >= 0.6 is 38.9 Å². The van der Waals surface area contributed by atoms with Crippen LogP contribution < -0.4 is 14.9 Å². The van der Waals surface area contributed by atoms with Crippen molar-refractivity contribution in [1.29, 1.82) is 0 Å². The first-order valence-corrected chi connectivity index (χ1v) is 12.3. The number of hydrogen-bond acceptors (Lipinski definition) is 4. The van der Waals surface area contributed by atoms with Crippen LogP contribution in [-0.4, -0.2) is 10.4 Å². The molecule has 1 aliphatic carbocycles. The molecule has 0 N–H and O–H groups in total. The number of fused-ring (bicyclic) bond motifs is 1. The first-order valence-electron chi connectivity index (χ1n) is 10.3. The van der Waals surface area contributed by atoms with Gasteiger partial charge in [0.15, 0.2) is 10.6 Å². The summed E-state index contributed by atoms with van der Waals surface area (Å²) in [6.45, 7) is 4.18. The Kier molecular flexibility index (Phi) is 5.35. The van der Waals surface area contributed by atoms with E-state index in [1.165, 1.54) is 11.3 Å². The lowest BCUT2D eigenvalue weighted by atomic mass is 9.73. The molecule has 1 aliphatic heterocycles. The molecule has 162 valence electrons. The fourth-order valence-electron chi connectivity index (χ4n) is 4.44. The smallest absolute Gasteiger partial charge is 0.271 e. The number of benzene rings is 2. The summed E-state index contributed by atoms with van der Waals surface area (Å²) in [6, 6.07) is 14.7. The zero-order valence-corrected chi connectivity index (χ0v) is 20.7. The highest BCUT2D eigenvalue weighted by atomic mass is 79.9. The maximum Gasteiger partial charge on any atom is 0.271 e. The van der Waals surface area contributed by atoms with E-state index >= 15 is 0 Å². The Bertz CT molecular complexity index is 1460. The number of Topliss-reactive ketones (excluding diaryl/α,β-unsaturated/α-hetero) is 1. The van der Waals surface area contributed by atoms with Crippen molar-refractivity contribution < 1.29 is 4.79 Å². The van der Waals surface area contributed by atoms with Crippen molar-refractivity contribution in [2.24, 2.45) is 10.4 Å². The molecular formula is C25H20BrClN2O2S. The van der Waals surface area contributed by atoms with Crippen LogP contribution in [0.25, 0.3) is 6.08 Å². The van der Waals surface area contributed by atoms with Crippen molar-refractivity contribution >= 4 is 50.7 Å². The quantitative estimate of drug-likeness (QED) is 0.470. The monoisotopic (exact) mass is 526 g/mol. The topological polar surface area (TPSA) is 51.4 Å². The molecule has 2 aliphatic rings. The summed E-state index contributed by atoms with van der Waals surface area (Å²) in [5.74, 6) is 0.0632. The Morgan fingerprint density at radius 3 is 2.56 bits per heavy atom. The van der Waals surface area contributed by atoms with Gasteiger partial charge in [0.25, 0.3) is 5.56 Å². The van der Waals surface area contributed by atoms with Gasteiger partial charge in [0.1, 0.15) is 0 Å². The van der Waals surface area contributed by atoms with Gasteiger partial charge in [-0.05, 0) is 47.2 Å². The molecule has 0 saturated heterocycles. The van der Waals surface area contributed by atoms with Crippen molar-refractivity contribution in [3.05, 3.63) is 100 Å². The van der Waals surface area contributed by atoms with Crippen molar-refractivity contribution in [1.82, 2.24) is 4.57 Å². The number of thiazole rings is 1. The first-order chi connectivity index (χ1) is 15.2. The number of carbonyl (C=O) groups excluding carboxylic acids is 1. The number of allylic oxidation sites excluding steroid dienone is 2. The van der Waals surface area contributed by atoms with Crippen LogP contribution in [0.15, 0.2) is 74.1 Å². The number of ketones is 1.